The van der Waals surface area contributed by atoms with E-state index in [2.05, 4.69) is 54.6 Å². The van der Waals surface area contributed by atoms with E-state index in [1.165, 1.54) is 0 Å². The molecule has 0 aliphatic rings. The van der Waals surface area contributed by atoms with Crippen molar-refractivity contribution >= 4 is 55.5 Å². The number of fused-ring (bicyclic) bond motifs is 6. The Hall–Kier alpha value is -4.01. The van der Waals surface area contributed by atoms with Crippen molar-refractivity contribution in [2.75, 3.05) is 0 Å². The van der Waals surface area contributed by atoms with Gasteiger partial charge >= 0.3 is 0 Å². The van der Waals surface area contributed by atoms with Gasteiger partial charge in [0.2, 0.25) is 0 Å². The first-order valence-electron chi connectivity index (χ1n) is 10.9. The second-order valence-electron chi connectivity index (χ2n) is 8.25. The summed E-state index contributed by atoms with van der Waals surface area (Å²) in [6, 6.07) is 34.9. The third-order valence-electron chi connectivity index (χ3n) is 6.37. The molecule has 0 aliphatic carbocycles. The Morgan fingerprint density at radius 3 is 1.55 bits per heavy atom. The Bertz CT molecular complexity index is 1840. The Morgan fingerprint density at radius 2 is 0.939 bits per heavy atom. The van der Waals surface area contributed by atoms with Crippen molar-refractivity contribution in [3.05, 3.63) is 108 Å². The Balaban J connectivity index is 1.56. The summed E-state index contributed by atoms with van der Waals surface area (Å²) in [4.78, 5) is 0. The van der Waals surface area contributed by atoms with Gasteiger partial charge in [-0.2, -0.15) is 0 Å². The number of hydrogen-bond acceptors (Lipinski definition) is 2. The first-order valence-corrected chi connectivity index (χ1v) is 11.3. The summed E-state index contributed by atoms with van der Waals surface area (Å²) in [5, 5.41) is 5.10. The van der Waals surface area contributed by atoms with E-state index < -0.39 is 0 Å². The van der Waals surface area contributed by atoms with Gasteiger partial charge in [-0.25, -0.2) is 0 Å². The minimum absolute atomic E-state index is 0.679. The fraction of sp³-hybridized carbons (Fsp3) is 0. The van der Waals surface area contributed by atoms with Crippen LogP contribution < -0.4 is 0 Å². The summed E-state index contributed by atoms with van der Waals surface area (Å²) < 4.78 is 12.7. The predicted molar refractivity (Wildman–Crippen MR) is 137 cm³/mol. The van der Waals surface area contributed by atoms with Gasteiger partial charge in [-0.15, -0.1) is 0 Å². The Labute approximate surface area is 194 Å². The number of furan rings is 2. The van der Waals surface area contributed by atoms with Crippen molar-refractivity contribution in [3.63, 3.8) is 0 Å². The molecule has 0 saturated carbocycles. The van der Waals surface area contributed by atoms with Crippen molar-refractivity contribution < 1.29 is 8.83 Å². The molecule has 0 N–H and O–H groups in total. The molecule has 7 rings (SSSR count). The molecule has 2 nitrogen and oxygen atoms in total. The van der Waals surface area contributed by atoms with E-state index in [-0.39, 0.29) is 0 Å². The maximum Gasteiger partial charge on any atom is 0.143 e. The van der Waals surface area contributed by atoms with Crippen LogP contribution in [-0.4, -0.2) is 0 Å². The zero-order valence-electron chi connectivity index (χ0n) is 17.5. The minimum Gasteiger partial charge on any atom is -0.455 e. The molecular formula is C30H17ClO2. The summed E-state index contributed by atoms with van der Waals surface area (Å²) >= 11 is 6.51. The molecule has 5 aromatic carbocycles. The summed E-state index contributed by atoms with van der Waals surface area (Å²) in [6.45, 7) is 0. The van der Waals surface area contributed by atoms with Crippen LogP contribution in [0.5, 0.6) is 0 Å². The largest absolute Gasteiger partial charge is 0.455 e. The maximum atomic E-state index is 6.51. The van der Waals surface area contributed by atoms with Gasteiger partial charge in [-0.3, -0.25) is 0 Å². The highest BCUT2D eigenvalue weighted by molar-refractivity contribution is 6.31. The van der Waals surface area contributed by atoms with Crippen molar-refractivity contribution in [1.82, 2.24) is 0 Å². The van der Waals surface area contributed by atoms with Crippen LogP contribution in [-0.2, 0) is 0 Å². The number of halogens is 1. The highest BCUT2D eigenvalue weighted by Gasteiger charge is 2.18. The van der Waals surface area contributed by atoms with Crippen LogP contribution in [0.3, 0.4) is 0 Å². The molecule has 3 heteroatoms. The van der Waals surface area contributed by atoms with E-state index >= 15 is 0 Å². The van der Waals surface area contributed by atoms with Gasteiger partial charge in [0.05, 0.1) is 0 Å². The van der Waals surface area contributed by atoms with Crippen LogP contribution in [0.15, 0.2) is 112 Å². The van der Waals surface area contributed by atoms with E-state index in [0.29, 0.717) is 5.02 Å². The van der Waals surface area contributed by atoms with Gasteiger partial charge in [-0.1, -0.05) is 90.5 Å². The lowest BCUT2D eigenvalue weighted by Crippen LogP contribution is -1.87. The number of rotatable bonds is 2. The summed E-state index contributed by atoms with van der Waals surface area (Å²) in [7, 11) is 0. The van der Waals surface area contributed by atoms with E-state index in [1.807, 2.05) is 48.5 Å². The molecule has 0 radical (unpaired) electrons. The summed E-state index contributed by atoms with van der Waals surface area (Å²) in [5.74, 6) is 0. The highest BCUT2D eigenvalue weighted by atomic mass is 35.5. The molecule has 0 aliphatic heterocycles. The molecular weight excluding hydrogens is 428 g/mol. The normalized spacial score (nSPS) is 11.8. The average Bonchev–Trinajstić information content (AvgIpc) is 3.42. The van der Waals surface area contributed by atoms with Crippen LogP contribution in [0.1, 0.15) is 0 Å². The molecule has 0 saturated heterocycles. The molecule has 0 fully saturated rings. The molecule has 0 bridgehead atoms. The molecule has 33 heavy (non-hydrogen) atoms. The lowest BCUT2D eigenvalue weighted by molar-refractivity contribution is 0.669. The second-order valence-corrected chi connectivity index (χ2v) is 8.69. The van der Waals surface area contributed by atoms with Crippen LogP contribution in [0, 0.1) is 0 Å². The standard InChI is InChI=1S/C30H17ClO2/c31-18-15-16-19(22-9-5-10-23-20-7-1-3-13-27(20)32-29(22)23)26(17-18)25-12-6-11-24-21-8-2-4-14-28(21)33-30(24)25/h1-17H. The second kappa shape index (κ2) is 6.99. The van der Waals surface area contributed by atoms with Crippen molar-refractivity contribution in [2.24, 2.45) is 0 Å². The highest BCUT2D eigenvalue weighted by Crippen LogP contribution is 2.43. The Morgan fingerprint density at radius 1 is 0.424 bits per heavy atom. The van der Waals surface area contributed by atoms with Crippen molar-refractivity contribution in [3.8, 4) is 22.3 Å². The van der Waals surface area contributed by atoms with Crippen LogP contribution in [0.25, 0.3) is 66.1 Å². The minimum atomic E-state index is 0.679. The van der Waals surface area contributed by atoms with Crippen molar-refractivity contribution in [2.45, 2.75) is 0 Å². The number of para-hydroxylation sites is 4. The number of benzene rings is 5. The van der Waals surface area contributed by atoms with E-state index in [4.69, 9.17) is 20.4 Å². The van der Waals surface area contributed by atoms with E-state index in [0.717, 1.165) is 66.1 Å². The SMILES string of the molecule is Clc1ccc(-c2cccc3c2oc2ccccc23)c(-c2cccc3c2oc2ccccc23)c1. The molecule has 2 heterocycles. The molecule has 0 atom stereocenters. The predicted octanol–water partition coefficient (Wildman–Crippen LogP) is 9.47. The van der Waals surface area contributed by atoms with Gasteiger partial charge in [0, 0.05) is 37.7 Å². The molecule has 7 aromatic rings. The van der Waals surface area contributed by atoms with Gasteiger partial charge in [0.1, 0.15) is 22.3 Å². The quantitative estimate of drug-likeness (QED) is 0.265. The fourth-order valence-corrected chi connectivity index (χ4v) is 5.06. The topological polar surface area (TPSA) is 26.3 Å². The summed E-state index contributed by atoms with van der Waals surface area (Å²) in [6.07, 6.45) is 0. The molecule has 0 spiro atoms. The monoisotopic (exact) mass is 444 g/mol. The molecule has 156 valence electrons. The van der Waals surface area contributed by atoms with Crippen LogP contribution in [0.2, 0.25) is 5.02 Å². The molecule has 0 unspecified atom stereocenters. The third kappa shape index (κ3) is 2.75. The molecule has 2 aromatic heterocycles. The first kappa shape index (κ1) is 18.6. The van der Waals surface area contributed by atoms with Gasteiger partial charge in [0.15, 0.2) is 0 Å². The fourth-order valence-electron chi connectivity index (χ4n) is 4.89. The zero-order valence-corrected chi connectivity index (χ0v) is 18.3. The third-order valence-corrected chi connectivity index (χ3v) is 6.61. The zero-order chi connectivity index (χ0) is 21.9. The average molecular weight is 445 g/mol. The lowest BCUT2D eigenvalue weighted by Gasteiger charge is -2.12. The van der Waals surface area contributed by atoms with E-state index in [9.17, 15) is 0 Å². The maximum absolute atomic E-state index is 6.51. The van der Waals surface area contributed by atoms with Crippen LogP contribution >= 0.6 is 11.6 Å². The van der Waals surface area contributed by atoms with E-state index in [1.54, 1.807) is 0 Å². The van der Waals surface area contributed by atoms with Crippen LogP contribution in [0.4, 0.5) is 0 Å². The summed E-state index contributed by atoms with van der Waals surface area (Å²) in [5.41, 5.74) is 7.60. The van der Waals surface area contributed by atoms with Gasteiger partial charge in [-0.05, 0) is 35.4 Å². The van der Waals surface area contributed by atoms with Gasteiger partial charge in [0.25, 0.3) is 0 Å². The lowest BCUT2D eigenvalue weighted by atomic mass is 9.92. The van der Waals surface area contributed by atoms with Gasteiger partial charge < -0.3 is 8.83 Å². The smallest absolute Gasteiger partial charge is 0.143 e. The first-order chi connectivity index (χ1) is 16.3. The van der Waals surface area contributed by atoms with Crippen molar-refractivity contribution in [1.29, 1.82) is 0 Å². The Kier molecular flexibility index (Phi) is 3.93. The molecule has 0 amide bonds. The number of hydrogen-bond donors (Lipinski definition) is 0.